The minimum Gasteiger partial charge on any atom is -0.496 e. The molecule has 3 N–H and O–H groups in total. The molecule has 3 aromatic rings. The molecule has 20 heavy (non-hydrogen) atoms. The van der Waals surface area contributed by atoms with Crippen molar-refractivity contribution in [3.63, 3.8) is 0 Å². The van der Waals surface area contributed by atoms with E-state index in [1.807, 2.05) is 19.1 Å². The molecule has 7 heteroatoms. The van der Waals surface area contributed by atoms with Gasteiger partial charge in [-0.25, -0.2) is 9.78 Å². The van der Waals surface area contributed by atoms with Crippen LogP contribution in [-0.2, 0) is 0 Å². The Morgan fingerprint density at radius 3 is 2.90 bits per heavy atom. The summed E-state index contributed by atoms with van der Waals surface area (Å²) in [6.07, 6.45) is 1.26. The van der Waals surface area contributed by atoms with Crippen LogP contribution in [0, 0.1) is 6.92 Å². The van der Waals surface area contributed by atoms with Crippen molar-refractivity contribution < 1.29 is 14.6 Å². The lowest BCUT2D eigenvalue weighted by molar-refractivity contribution is 0.0697. The van der Waals surface area contributed by atoms with E-state index in [0.29, 0.717) is 17.0 Å². The minimum absolute atomic E-state index is 0.0766. The quantitative estimate of drug-likeness (QED) is 0.676. The third-order valence-corrected chi connectivity index (χ3v) is 3.11. The first-order chi connectivity index (χ1) is 9.60. The van der Waals surface area contributed by atoms with Crippen molar-refractivity contribution in [3.8, 4) is 17.3 Å². The SMILES string of the molecule is COc1cc2nc(-c3[nH]ncc3C(=O)O)[nH]c2cc1C. The lowest BCUT2D eigenvalue weighted by Crippen LogP contribution is -1.97. The van der Waals surface area contributed by atoms with Gasteiger partial charge in [-0.2, -0.15) is 5.10 Å². The van der Waals surface area contributed by atoms with Crippen LogP contribution in [0.3, 0.4) is 0 Å². The molecule has 0 fully saturated rings. The second kappa shape index (κ2) is 4.37. The van der Waals surface area contributed by atoms with Crippen molar-refractivity contribution >= 4 is 17.0 Å². The fourth-order valence-electron chi connectivity index (χ4n) is 2.11. The molecule has 0 saturated heterocycles. The van der Waals surface area contributed by atoms with Crippen molar-refractivity contribution in [2.24, 2.45) is 0 Å². The van der Waals surface area contributed by atoms with Crippen LogP contribution in [-0.4, -0.2) is 38.4 Å². The fourth-order valence-corrected chi connectivity index (χ4v) is 2.11. The van der Waals surface area contributed by atoms with E-state index in [0.717, 1.165) is 16.8 Å². The zero-order valence-corrected chi connectivity index (χ0v) is 10.9. The minimum atomic E-state index is -1.05. The van der Waals surface area contributed by atoms with Crippen molar-refractivity contribution in [2.45, 2.75) is 6.92 Å². The van der Waals surface area contributed by atoms with E-state index < -0.39 is 5.97 Å². The summed E-state index contributed by atoms with van der Waals surface area (Å²) in [5.41, 5.74) is 2.91. The van der Waals surface area contributed by atoms with Crippen LogP contribution >= 0.6 is 0 Å². The van der Waals surface area contributed by atoms with E-state index in [1.54, 1.807) is 7.11 Å². The molecule has 3 rings (SSSR count). The lowest BCUT2D eigenvalue weighted by Gasteiger charge is -2.02. The molecule has 0 amide bonds. The number of carboxylic acid groups (broad SMARTS) is 1. The van der Waals surface area contributed by atoms with Gasteiger partial charge in [-0.1, -0.05) is 0 Å². The van der Waals surface area contributed by atoms with E-state index in [-0.39, 0.29) is 5.56 Å². The number of aryl methyl sites for hydroxylation is 1. The van der Waals surface area contributed by atoms with E-state index in [2.05, 4.69) is 20.2 Å². The second-order valence-electron chi connectivity index (χ2n) is 4.39. The first-order valence-electron chi connectivity index (χ1n) is 5.91. The number of hydrogen-bond donors (Lipinski definition) is 3. The maximum Gasteiger partial charge on any atom is 0.339 e. The summed E-state index contributed by atoms with van der Waals surface area (Å²) in [7, 11) is 1.60. The summed E-state index contributed by atoms with van der Waals surface area (Å²) in [5, 5.41) is 15.5. The Morgan fingerprint density at radius 2 is 2.20 bits per heavy atom. The number of carboxylic acids is 1. The summed E-state index contributed by atoms with van der Waals surface area (Å²) in [6, 6.07) is 3.71. The van der Waals surface area contributed by atoms with Crippen LogP contribution in [0.1, 0.15) is 15.9 Å². The Labute approximate surface area is 113 Å². The molecule has 0 aliphatic heterocycles. The molecule has 0 spiro atoms. The Bertz CT molecular complexity index is 803. The van der Waals surface area contributed by atoms with Crippen LogP contribution in [0.2, 0.25) is 0 Å². The van der Waals surface area contributed by atoms with Gasteiger partial charge in [0.1, 0.15) is 17.0 Å². The number of rotatable bonds is 3. The molecule has 7 nitrogen and oxygen atoms in total. The van der Waals surface area contributed by atoms with Crippen molar-refractivity contribution in [1.82, 2.24) is 20.2 Å². The summed E-state index contributed by atoms with van der Waals surface area (Å²) in [4.78, 5) is 18.6. The second-order valence-corrected chi connectivity index (χ2v) is 4.39. The average Bonchev–Trinajstić information content (AvgIpc) is 3.02. The molecule has 0 aliphatic carbocycles. The molecule has 102 valence electrons. The topological polar surface area (TPSA) is 104 Å². The number of nitrogens with zero attached hydrogens (tertiary/aromatic N) is 2. The summed E-state index contributed by atoms with van der Waals surface area (Å²) < 4.78 is 5.25. The number of imidazole rings is 1. The van der Waals surface area contributed by atoms with Gasteiger partial charge in [0.15, 0.2) is 5.82 Å². The Kier molecular flexibility index (Phi) is 2.67. The predicted molar refractivity (Wildman–Crippen MR) is 71.9 cm³/mol. The molecule has 2 aromatic heterocycles. The molecule has 1 aromatic carbocycles. The fraction of sp³-hybridized carbons (Fsp3) is 0.154. The zero-order valence-electron chi connectivity index (χ0n) is 10.9. The summed E-state index contributed by atoms with van der Waals surface area (Å²) >= 11 is 0. The van der Waals surface area contributed by atoms with Gasteiger partial charge < -0.3 is 14.8 Å². The van der Waals surface area contributed by atoms with Gasteiger partial charge in [-0.05, 0) is 18.6 Å². The van der Waals surface area contributed by atoms with Gasteiger partial charge in [-0.15, -0.1) is 0 Å². The highest BCUT2D eigenvalue weighted by atomic mass is 16.5. The van der Waals surface area contributed by atoms with E-state index in [4.69, 9.17) is 9.84 Å². The van der Waals surface area contributed by atoms with Crippen molar-refractivity contribution in [3.05, 3.63) is 29.5 Å². The van der Waals surface area contributed by atoms with Gasteiger partial charge >= 0.3 is 5.97 Å². The number of carbonyl (C=O) groups is 1. The lowest BCUT2D eigenvalue weighted by atomic mass is 10.2. The smallest absolute Gasteiger partial charge is 0.339 e. The molecule has 0 radical (unpaired) electrons. The highest BCUT2D eigenvalue weighted by molar-refractivity contribution is 5.94. The normalized spacial score (nSPS) is 10.9. The monoisotopic (exact) mass is 272 g/mol. The molecule has 0 bridgehead atoms. The largest absolute Gasteiger partial charge is 0.496 e. The van der Waals surface area contributed by atoms with Gasteiger partial charge in [-0.3, -0.25) is 5.10 Å². The first-order valence-corrected chi connectivity index (χ1v) is 5.91. The van der Waals surface area contributed by atoms with E-state index in [9.17, 15) is 4.79 Å². The van der Waals surface area contributed by atoms with Crippen LogP contribution in [0.25, 0.3) is 22.6 Å². The third kappa shape index (κ3) is 1.80. The van der Waals surface area contributed by atoms with Crippen LogP contribution < -0.4 is 4.74 Å². The van der Waals surface area contributed by atoms with Crippen molar-refractivity contribution in [1.29, 1.82) is 0 Å². The van der Waals surface area contributed by atoms with Crippen LogP contribution in [0.15, 0.2) is 18.3 Å². The number of aromatic carboxylic acids is 1. The zero-order chi connectivity index (χ0) is 14.3. The highest BCUT2D eigenvalue weighted by Gasteiger charge is 2.17. The number of ether oxygens (including phenoxy) is 1. The Morgan fingerprint density at radius 1 is 1.40 bits per heavy atom. The number of methoxy groups -OCH3 is 1. The molecular weight excluding hydrogens is 260 g/mol. The number of fused-ring (bicyclic) bond motifs is 1. The number of benzene rings is 1. The molecular formula is C13H12N4O3. The van der Waals surface area contributed by atoms with Crippen molar-refractivity contribution in [2.75, 3.05) is 7.11 Å². The van der Waals surface area contributed by atoms with Gasteiger partial charge in [0.05, 0.1) is 24.3 Å². The van der Waals surface area contributed by atoms with Gasteiger partial charge in [0.25, 0.3) is 0 Å². The summed E-state index contributed by atoms with van der Waals surface area (Å²) in [6.45, 7) is 1.93. The van der Waals surface area contributed by atoms with E-state index >= 15 is 0 Å². The van der Waals surface area contributed by atoms with Crippen LogP contribution in [0.4, 0.5) is 0 Å². The average molecular weight is 272 g/mol. The maximum atomic E-state index is 11.1. The number of H-pyrrole nitrogens is 2. The number of hydrogen-bond acceptors (Lipinski definition) is 4. The van der Waals surface area contributed by atoms with Gasteiger partial charge in [0, 0.05) is 6.07 Å². The molecule has 0 unspecified atom stereocenters. The third-order valence-electron chi connectivity index (χ3n) is 3.11. The summed E-state index contributed by atoms with van der Waals surface area (Å²) in [5.74, 6) is 0.115. The maximum absolute atomic E-state index is 11.1. The Hall–Kier alpha value is -2.83. The molecule has 0 aliphatic rings. The predicted octanol–water partition coefficient (Wildman–Crippen LogP) is 1.97. The Balaban J connectivity index is 2.18. The van der Waals surface area contributed by atoms with Crippen LogP contribution in [0.5, 0.6) is 5.75 Å². The molecule has 0 saturated carbocycles. The standard InChI is InChI=1S/C13H12N4O3/c1-6-3-8-9(4-10(6)20-2)16-12(15-8)11-7(13(18)19)5-14-17-11/h3-5H,1-2H3,(H,14,17)(H,15,16)(H,18,19). The molecule has 2 heterocycles. The number of aromatic nitrogens is 4. The molecule has 0 atom stereocenters. The number of aromatic amines is 2. The number of nitrogens with one attached hydrogen (secondary N) is 2. The van der Waals surface area contributed by atoms with Gasteiger partial charge in [0.2, 0.25) is 0 Å². The highest BCUT2D eigenvalue weighted by Crippen LogP contribution is 2.27. The first kappa shape index (κ1) is 12.2. The van der Waals surface area contributed by atoms with E-state index in [1.165, 1.54) is 6.20 Å².